The Labute approximate surface area is 112 Å². The monoisotopic (exact) mass is 274 g/mol. The van der Waals surface area contributed by atoms with Crippen LogP contribution in [0.1, 0.15) is 13.3 Å². The van der Waals surface area contributed by atoms with Crippen LogP contribution in [0.4, 0.5) is 5.69 Å². The number of aryl methyl sites for hydroxylation is 1. The van der Waals surface area contributed by atoms with Crippen LogP contribution in [0.5, 0.6) is 0 Å². The zero-order valence-corrected chi connectivity index (χ0v) is 11.2. The third-order valence-corrected chi connectivity index (χ3v) is 2.66. The first-order valence-corrected chi connectivity index (χ1v) is 5.92. The summed E-state index contributed by atoms with van der Waals surface area (Å²) in [6.07, 6.45) is 3.83. The first-order valence-electron chi connectivity index (χ1n) is 5.92. The molecule has 102 valence electrons. The number of nitrogens with zero attached hydrogens (tertiary/aromatic N) is 2. The maximum atomic E-state index is 11.7. The predicted molar refractivity (Wildman–Crippen MR) is 71.0 cm³/mol. The highest BCUT2D eigenvalue weighted by atomic mass is 35.5. The minimum atomic E-state index is -0.0330. The quantitative estimate of drug-likeness (QED) is 0.846. The number of carbonyl (C=O) groups is 1. The molecule has 1 amide bonds. The Bertz CT molecular complexity index is 377. The van der Waals surface area contributed by atoms with Gasteiger partial charge in [0.1, 0.15) is 0 Å². The van der Waals surface area contributed by atoms with Crippen molar-refractivity contribution in [3.05, 3.63) is 12.4 Å². The van der Waals surface area contributed by atoms with Gasteiger partial charge in [-0.15, -0.1) is 12.4 Å². The SMILES string of the molecule is CCn1cc(NC(=O)CC2CNCCO2)cn1.Cl. The number of morpholine rings is 1. The summed E-state index contributed by atoms with van der Waals surface area (Å²) in [5.74, 6) is -0.0330. The summed E-state index contributed by atoms with van der Waals surface area (Å²) in [7, 11) is 0. The second-order valence-electron chi connectivity index (χ2n) is 4.03. The van der Waals surface area contributed by atoms with Gasteiger partial charge in [-0.1, -0.05) is 0 Å². The van der Waals surface area contributed by atoms with Gasteiger partial charge >= 0.3 is 0 Å². The van der Waals surface area contributed by atoms with Gasteiger partial charge in [0.25, 0.3) is 0 Å². The lowest BCUT2D eigenvalue weighted by Gasteiger charge is -2.22. The van der Waals surface area contributed by atoms with Crippen LogP contribution >= 0.6 is 12.4 Å². The second-order valence-corrected chi connectivity index (χ2v) is 4.03. The van der Waals surface area contributed by atoms with Crippen LogP contribution in [-0.4, -0.2) is 41.5 Å². The van der Waals surface area contributed by atoms with E-state index in [1.165, 1.54) is 0 Å². The van der Waals surface area contributed by atoms with Crippen LogP contribution in [0.25, 0.3) is 0 Å². The van der Waals surface area contributed by atoms with Crippen molar-refractivity contribution < 1.29 is 9.53 Å². The third kappa shape index (κ3) is 4.29. The summed E-state index contributed by atoms with van der Waals surface area (Å²) >= 11 is 0. The van der Waals surface area contributed by atoms with Crippen molar-refractivity contribution in [2.24, 2.45) is 0 Å². The standard InChI is InChI=1S/C11H18N4O2.ClH/c1-2-15-8-9(6-13-15)14-11(16)5-10-7-12-3-4-17-10;/h6,8,10,12H,2-5,7H2,1H3,(H,14,16);1H. The van der Waals surface area contributed by atoms with E-state index in [1.807, 2.05) is 13.1 Å². The van der Waals surface area contributed by atoms with E-state index in [9.17, 15) is 4.79 Å². The minimum Gasteiger partial charge on any atom is -0.375 e. The van der Waals surface area contributed by atoms with Crippen LogP contribution in [0, 0.1) is 0 Å². The van der Waals surface area contributed by atoms with E-state index in [2.05, 4.69) is 15.7 Å². The van der Waals surface area contributed by atoms with E-state index in [0.717, 1.165) is 25.3 Å². The summed E-state index contributed by atoms with van der Waals surface area (Å²) in [4.78, 5) is 11.7. The Morgan fingerprint density at radius 1 is 1.72 bits per heavy atom. The lowest BCUT2D eigenvalue weighted by molar-refractivity contribution is -0.119. The number of halogens is 1. The van der Waals surface area contributed by atoms with Crippen molar-refractivity contribution in [1.29, 1.82) is 0 Å². The van der Waals surface area contributed by atoms with Crippen LogP contribution < -0.4 is 10.6 Å². The van der Waals surface area contributed by atoms with E-state index in [4.69, 9.17) is 4.74 Å². The molecule has 0 aromatic carbocycles. The highest BCUT2D eigenvalue weighted by Gasteiger charge is 2.17. The number of hydrogen-bond donors (Lipinski definition) is 2. The van der Waals surface area contributed by atoms with Crippen molar-refractivity contribution in [3.8, 4) is 0 Å². The van der Waals surface area contributed by atoms with Gasteiger partial charge in [0.15, 0.2) is 0 Å². The number of ether oxygens (including phenoxy) is 1. The molecular weight excluding hydrogens is 256 g/mol. The second kappa shape index (κ2) is 7.35. The molecule has 6 nitrogen and oxygen atoms in total. The van der Waals surface area contributed by atoms with Crippen molar-refractivity contribution in [1.82, 2.24) is 15.1 Å². The van der Waals surface area contributed by atoms with Gasteiger partial charge < -0.3 is 15.4 Å². The maximum Gasteiger partial charge on any atom is 0.227 e. The molecule has 1 aromatic heterocycles. The van der Waals surface area contributed by atoms with Crippen LogP contribution in [0.2, 0.25) is 0 Å². The molecule has 0 bridgehead atoms. The highest BCUT2D eigenvalue weighted by molar-refractivity contribution is 5.90. The Morgan fingerprint density at radius 3 is 3.17 bits per heavy atom. The third-order valence-electron chi connectivity index (χ3n) is 2.66. The fourth-order valence-corrected chi connectivity index (χ4v) is 1.77. The normalized spacial score (nSPS) is 19.1. The fourth-order valence-electron chi connectivity index (χ4n) is 1.77. The minimum absolute atomic E-state index is 0. The van der Waals surface area contributed by atoms with Gasteiger partial charge in [-0.2, -0.15) is 5.10 Å². The lowest BCUT2D eigenvalue weighted by atomic mass is 10.2. The van der Waals surface area contributed by atoms with Gasteiger partial charge in [0, 0.05) is 25.8 Å². The van der Waals surface area contributed by atoms with Crippen LogP contribution in [0.3, 0.4) is 0 Å². The molecule has 1 fully saturated rings. The van der Waals surface area contributed by atoms with Gasteiger partial charge in [0.05, 0.1) is 31.0 Å². The molecule has 1 aliphatic heterocycles. The molecule has 1 saturated heterocycles. The molecule has 7 heteroatoms. The molecule has 1 aromatic rings. The zero-order chi connectivity index (χ0) is 12.1. The maximum absolute atomic E-state index is 11.7. The van der Waals surface area contributed by atoms with Gasteiger partial charge in [0.2, 0.25) is 5.91 Å². The fraction of sp³-hybridized carbons (Fsp3) is 0.636. The Kier molecular flexibility index (Phi) is 6.11. The molecule has 18 heavy (non-hydrogen) atoms. The van der Waals surface area contributed by atoms with Gasteiger partial charge in [-0.3, -0.25) is 9.48 Å². The van der Waals surface area contributed by atoms with Gasteiger partial charge in [-0.25, -0.2) is 0 Å². The number of aromatic nitrogens is 2. The number of carbonyl (C=O) groups excluding carboxylic acids is 1. The zero-order valence-electron chi connectivity index (χ0n) is 10.4. The largest absolute Gasteiger partial charge is 0.375 e. The molecule has 2 heterocycles. The smallest absolute Gasteiger partial charge is 0.227 e. The van der Waals surface area contributed by atoms with Crippen molar-refractivity contribution >= 4 is 24.0 Å². The number of rotatable bonds is 4. The van der Waals surface area contributed by atoms with E-state index in [0.29, 0.717) is 13.0 Å². The molecule has 0 saturated carbocycles. The summed E-state index contributed by atoms with van der Waals surface area (Å²) in [6, 6.07) is 0. The molecule has 1 unspecified atom stereocenters. The molecule has 0 radical (unpaired) electrons. The average Bonchev–Trinajstić information content (AvgIpc) is 2.78. The van der Waals surface area contributed by atoms with Crippen molar-refractivity contribution in [2.45, 2.75) is 26.0 Å². The summed E-state index contributed by atoms with van der Waals surface area (Å²) in [5, 5.41) is 10.1. The van der Waals surface area contributed by atoms with E-state index < -0.39 is 0 Å². The summed E-state index contributed by atoms with van der Waals surface area (Å²) in [5.41, 5.74) is 0.737. The Hall–Kier alpha value is -1.11. The highest BCUT2D eigenvalue weighted by Crippen LogP contribution is 2.07. The molecule has 2 N–H and O–H groups in total. The number of anilines is 1. The summed E-state index contributed by atoms with van der Waals surface area (Å²) < 4.78 is 7.24. The van der Waals surface area contributed by atoms with Gasteiger partial charge in [-0.05, 0) is 6.92 Å². The predicted octanol–water partition coefficient (Wildman–Crippen LogP) is 0.642. The Morgan fingerprint density at radius 2 is 2.56 bits per heavy atom. The number of nitrogens with one attached hydrogen (secondary N) is 2. The first kappa shape index (κ1) is 14.9. The molecule has 2 rings (SSSR count). The van der Waals surface area contributed by atoms with E-state index in [-0.39, 0.29) is 24.4 Å². The molecule has 1 atom stereocenters. The van der Waals surface area contributed by atoms with E-state index >= 15 is 0 Å². The van der Waals surface area contributed by atoms with Crippen LogP contribution in [-0.2, 0) is 16.1 Å². The molecular formula is C11H19ClN4O2. The topological polar surface area (TPSA) is 68.2 Å². The molecule has 0 aliphatic carbocycles. The Balaban J connectivity index is 0.00000162. The first-order chi connectivity index (χ1) is 8.28. The number of amides is 1. The molecule has 0 spiro atoms. The van der Waals surface area contributed by atoms with E-state index in [1.54, 1.807) is 10.9 Å². The van der Waals surface area contributed by atoms with Crippen molar-refractivity contribution in [2.75, 3.05) is 25.0 Å². The average molecular weight is 275 g/mol. The van der Waals surface area contributed by atoms with Crippen LogP contribution in [0.15, 0.2) is 12.4 Å². The number of hydrogen-bond acceptors (Lipinski definition) is 4. The van der Waals surface area contributed by atoms with Crippen molar-refractivity contribution in [3.63, 3.8) is 0 Å². The summed E-state index contributed by atoms with van der Waals surface area (Å²) in [6.45, 7) is 5.07. The lowest BCUT2D eigenvalue weighted by Crippen LogP contribution is -2.40. The molecule has 1 aliphatic rings.